The molecule has 48 valence electrons. The van der Waals surface area contributed by atoms with Gasteiger partial charge >= 0.3 is 5.97 Å². The van der Waals surface area contributed by atoms with Crippen LogP contribution in [0.2, 0.25) is 0 Å². The van der Waals surface area contributed by atoms with E-state index < -0.39 is 12.1 Å². The minimum absolute atomic E-state index is 0.417. The standard InChI is InChI=1S/C6H6O3/c1-2-4-3-9-6(8)5(4)7/h2-3,5,7H,1H2. The van der Waals surface area contributed by atoms with Crippen molar-refractivity contribution in [3.63, 3.8) is 0 Å². The van der Waals surface area contributed by atoms with Crippen LogP contribution in [0.25, 0.3) is 0 Å². The Morgan fingerprint density at radius 2 is 2.56 bits per heavy atom. The van der Waals surface area contributed by atoms with E-state index in [0.717, 1.165) is 0 Å². The van der Waals surface area contributed by atoms with Crippen LogP contribution in [0.5, 0.6) is 0 Å². The Labute approximate surface area is 52.2 Å². The maximum Gasteiger partial charge on any atom is 0.344 e. The van der Waals surface area contributed by atoms with Gasteiger partial charge in [0, 0.05) is 5.57 Å². The Balaban J connectivity index is 2.77. The molecule has 1 unspecified atom stereocenters. The highest BCUT2D eigenvalue weighted by atomic mass is 16.5. The molecule has 1 aliphatic rings. The minimum Gasteiger partial charge on any atom is -0.432 e. The first-order valence-electron chi connectivity index (χ1n) is 2.47. The molecule has 0 bridgehead atoms. The van der Waals surface area contributed by atoms with Crippen LogP contribution in [-0.4, -0.2) is 17.2 Å². The molecule has 1 atom stereocenters. The van der Waals surface area contributed by atoms with Gasteiger partial charge in [0.15, 0.2) is 6.10 Å². The van der Waals surface area contributed by atoms with Crippen molar-refractivity contribution >= 4 is 5.97 Å². The average Bonchev–Trinajstić information content (AvgIpc) is 2.15. The second-order valence-corrected chi connectivity index (χ2v) is 1.66. The summed E-state index contributed by atoms with van der Waals surface area (Å²) >= 11 is 0. The molecule has 0 saturated carbocycles. The number of aliphatic hydroxyl groups excluding tert-OH is 1. The quantitative estimate of drug-likeness (QED) is 0.502. The molecule has 0 spiro atoms. The molecular weight excluding hydrogens is 120 g/mol. The molecule has 0 fully saturated rings. The maximum atomic E-state index is 10.4. The summed E-state index contributed by atoms with van der Waals surface area (Å²) in [5, 5.41) is 8.84. The molecule has 1 heterocycles. The molecule has 1 rings (SSSR count). The van der Waals surface area contributed by atoms with Crippen molar-refractivity contribution in [3.8, 4) is 0 Å². The number of carbonyl (C=O) groups is 1. The van der Waals surface area contributed by atoms with E-state index >= 15 is 0 Å². The predicted molar refractivity (Wildman–Crippen MR) is 30.4 cm³/mol. The second kappa shape index (κ2) is 2.03. The van der Waals surface area contributed by atoms with Gasteiger partial charge in [0.1, 0.15) is 6.26 Å². The summed E-state index contributed by atoms with van der Waals surface area (Å²) in [6.07, 6.45) is 1.46. The van der Waals surface area contributed by atoms with Crippen molar-refractivity contribution in [2.24, 2.45) is 0 Å². The van der Waals surface area contributed by atoms with Gasteiger partial charge in [-0.15, -0.1) is 0 Å². The van der Waals surface area contributed by atoms with Crippen molar-refractivity contribution in [1.29, 1.82) is 0 Å². The molecule has 9 heavy (non-hydrogen) atoms. The van der Waals surface area contributed by atoms with Gasteiger partial charge in [-0.3, -0.25) is 0 Å². The van der Waals surface area contributed by atoms with Crippen molar-refractivity contribution in [2.75, 3.05) is 0 Å². The zero-order valence-electron chi connectivity index (χ0n) is 4.70. The summed E-state index contributed by atoms with van der Waals surface area (Å²) in [7, 11) is 0. The average molecular weight is 126 g/mol. The van der Waals surface area contributed by atoms with Gasteiger partial charge in [-0.2, -0.15) is 0 Å². The van der Waals surface area contributed by atoms with E-state index in [2.05, 4.69) is 11.3 Å². The lowest BCUT2D eigenvalue weighted by molar-refractivity contribution is -0.142. The summed E-state index contributed by atoms with van der Waals surface area (Å²) in [5.41, 5.74) is 0.417. The number of hydrogen-bond donors (Lipinski definition) is 1. The van der Waals surface area contributed by atoms with Crippen LogP contribution in [0, 0.1) is 0 Å². The molecule has 3 heteroatoms. The van der Waals surface area contributed by atoms with Crippen molar-refractivity contribution < 1.29 is 14.6 Å². The number of aliphatic hydroxyl groups is 1. The van der Waals surface area contributed by atoms with E-state index in [-0.39, 0.29) is 0 Å². The fraction of sp³-hybridized carbons (Fsp3) is 0.167. The van der Waals surface area contributed by atoms with E-state index in [4.69, 9.17) is 5.11 Å². The summed E-state index contributed by atoms with van der Waals surface area (Å²) in [6, 6.07) is 0. The Bertz CT molecular complexity index is 181. The number of carbonyl (C=O) groups excluding carboxylic acids is 1. The highest BCUT2D eigenvalue weighted by molar-refractivity contribution is 5.82. The number of cyclic esters (lactones) is 1. The molecule has 0 aliphatic carbocycles. The summed E-state index contributed by atoms with van der Waals surface area (Å²) in [4.78, 5) is 10.4. The summed E-state index contributed by atoms with van der Waals surface area (Å²) < 4.78 is 4.35. The van der Waals surface area contributed by atoms with Crippen LogP contribution >= 0.6 is 0 Å². The van der Waals surface area contributed by atoms with Crippen LogP contribution in [0.15, 0.2) is 24.5 Å². The first-order chi connectivity index (χ1) is 4.25. The Morgan fingerprint density at radius 1 is 1.89 bits per heavy atom. The topological polar surface area (TPSA) is 46.5 Å². The molecule has 0 aromatic heterocycles. The largest absolute Gasteiger partial charge is 0.432 e. The number of ether oxygens (including phenoxy) is 1. The van der Waals surface area contributed by atoms with Crippen molar-refractivity contribution in [2.45, 2.75) is 6.10 Å². The van der Waals surface area contributed by atoms with E-state index in [0.29, 0.717) is 5.57 Å². The second-order valence-electron chi connectivity index (χ2n) is 1.66. The first kappa shape index (κ1) is 6.04. The van der Waals surface area contributed by atoms with Crippen molar-refractivity contribution in [1.82, 2.24) is 0 Å². The van der Waals surface area contributed by atoms with Crippen molar-refractivity contribution in [3.05, 3.63) is 24.5 Å². The molecular formula is C6H6O3. The van der Waals surface area contributed by atoms with Gasteiger partial charge in [0.25, 0.3) is 0 Å². The highest BCUT2D eigenvalue weighted by Crippen LogP contribution is 2.12. The lowest BCUT2D eigenvalue weighted by Gasteiger charge is -1.95. The van der Waals surface area contributed by atoms with E-state index in [1.807, 2.05) is 0 Å². The lowest BCUT2D eigenvalue weighted by atomic mass is 10.2. The van der Waals surface area contributed by atoms with Crippen LogP contribution in [0.1, 0.15) is 0 Å². The smallest absolute Gasteiger partial charge is 0.344 e. The third-order valence-corrected chi connectivity index (χ3v) is 1.09. The first-order valence-corrected chi connectivity index (χ1v) is 2.47. The molecule has 1 aliphatic heterocycles. The third-order valence-electron chi connectivity index (χ3n) is 1.09. The van der Waals surface area contributed by atoms with E-state index in [1.165, 1.54) is 12.3 Å². The fourth-order valence-corrected chi connectivity index (χ4v) is 0.551. The molecule has 3 nitrogen and oxygen atoms in total. The van der Waals surface area contributed by atoms with E-state index in [9.17, 15) is 4.79 Å². The Morgan fingerprint density at radius 3 is 2.78 bits per heavy atom. The molecule has 0 saturated heterocycles. The lowest BCUT2D eigenvalue weighted by Crippen LogP contribution is -2.16. The number of esters is 1. The summed E-state index contributed by atoms with van der Waals surface area (Å²) in [6.45, 7) is 3.37. The molecule has 0 aromatic carbocycles. The normalized spacial score (nSPS) is 25.2. The van der Waals surface area contributed by atoms with Gasteiger partial charge in [-0.25, -0.2) is 4.79 Å². The third kappa shape index (κ3) is 0.861. The van der Waals surface area contributed by atoms with E-state index in [1.54, 1.807) is 0 Å². The van der Waals surface area contributed by atoms with Crippen LogP contribution in [0.4, 0.5) is 0 Å². The van der Waals surface area contributed by atoms with Gasteiger partial charge < -0.3 is 9.84 Å². The van der Waals surface area contributed by atoms with Crippen LogP contribution in [-0.2, 0) is 9.53 Å². The molecule has 0 amide bonds. The zero-order chi connectivity index (χ0) is 6.85. The fourth-order valence-electron chi connectivity index (χ4n) is 0.551. The van der Waals surface area contributed by atoms with Crippen LogP contribution < -0.4 is 0 Å². The van der Waals surface area contributed by atoms with Gasteiger partial charge in [0.05, 0.1) is 0 Å². The van der Waals surface area contributed by atoms with Gasteiger partial charge in [0.2, 0.25) is 0 Å². The van der Waals surface area contributed by atoms with Gasteiger partial charge in [-0.1, -0.05) is 12.7 Å². The van der Waals surface area contributed by atoms with Gasteiger partial charge in [-0.05, 0) is 0 Å². The molecule has 0 radical (unpaired) electrons. The molecule has 1 N–H and O–H groups in total. The zero-order valence-corrected chi connectivity index (χ0v) is 4.70. The molecule has 0 aromatic rings. The van der Waals surface area contributed by atoms with Crippen LogP contribution in [0.3, 0.4) is 0 Å². The predicted octanol–water partition coefficient (Wildman–Crippen LogP) is -0.0260. The minimum atomic E-state index is -1.12. The Kier molecular flexibility index (Phi) is 1.36. The SMILES string of the molecule is C=CC1=COC(=O)C1O. The number of hydrogen-bond acceptors (Lipinski definition) is 3. The highest BCUT2D eigenvalue weighted by Gasteiger charge is 2.25. The maximum absolute atomic E-state index is 10.4. The summed E-state index contributed by atoms with van der Waals surface area (Å²) in [5.74, 6) is -0.634. The Hall–Kier alpha value is -1.09. The monoisotopic (exact) mass is 126 g/mol. The number of rotatable bonds is 1.